The van der Waals surface area contributed by atoms with Crippen molar-refractivity contribution < 1.29 is 4.74 Å². The first-order valence-electron chi connectivity index (χ1n) is 4.08. The molecule has 13 heavy (non-hydrogen) atoms. The predicted octanol–water partition coefficient (Wildman–Crippen LogP) is 3.57. The second-order valence-electron chi connectivity index (χ2n) is 2.73. The van der Waals surface area contributed by atoms with E-state index in [9.17, 15) is 0 Å². The van der Waals surface area contributed by atoms with Crippen molar-refractivity contribution in [1.29, 1.82) is 0 Å². The smallest absolute Gasteiger partial charge is 0.143 e. The number of ether oxygens (including phenoxy) is 1. The molecular weight excluding hydrogens is 228 g/mol. The second-order valence-corrected chi connectivity index (χ2v) is 3.19. The minimum absolute atomic E-state index is 0.529. The van der Waals surface area contributed by atoms with Crippen molar-refractivity contribution >= 4 is 26.7 Å². The lowest BCUT2D eigenvalue weighted by molar-refractivity contribution is 0.403. The second kappa shape index (κ2) is 3.79. The summed E-state index contributed by atoms with van der Waals surface area (Å²) in [6.45, 7) is 0. The lowest BCUT2D eigenvalue weighted by atomic mass is 10.1. The van der Waals surface area contributed by atoms with Crippen LogP contribution in [0.5, 0.6) is 5.75 Å². The summed E-state index contributed by atoms with van der Waals surface area (Å²) in [4.78, 5) is 0. The fourth-order valence-electron chi connectivity index (χ4n) is 1.38. The highest BCUT2D eigenvalue weighted by molar-refractivity contribution is 9.09. The minimum Gasteiger partial charge on any atom is -0.482 e. The normalized spacial score (nSPS) is 10.2. The summed E-state index contributed by atoms with van der Waals surface area (Å²) in [5.41, 5.74) is 0.529. The van der Waals surface area contributed by atoms with Gasteiger partial charge >= 0.3 is 0 Å². The maximum atomic E-state index is 5.44. The molecule has 0 amide bonds. The number of halogens is 1. The maximum absolute atomic E-state index is 5.44. The molecule has 2 aromatic rings. The van der Waals surface area contributed by atoms with E-state index in [1.807, 2.05) is 24.3 Å². The van der Waals surface area contributed by atoms with Gasteiger partial charge in [0.1, 0.15) is 11.3 Å². The zero-order valence-electron chi connectivity index (χ0n) is 7.03. The van der Waals surface area contributed by atoms with E-state index in [1.165, 1.54) is 5.39 Å². The molecule has 0 spiro atoms. The molecule has 0 radical (unpaired) electrons. The third kappa shape index (κ3) is 1.68. The Balaban J connectivity index is 2.61. The summed E-state index contributed by atoms with van der Waals surface area (Å²) in [7, 11) is 0. The summed E-state index contributed by atoms with van der Waals surface area (Å²) in [5.74, 6) is 0.926. The monoisotopic (exact) mass is 236 g/mol. The predicted molar refractivity (Wildman–Crippen MR) is 58.4 cm³/mol. The van der Waals surface area contributed by atoms with Crippen molar-refractivity contribution in [1.82, 2.24) is 0 Å². The third-order valence-electron chi connectivity index (χ3n) is 1.96. The van der Waals surface area contributed by atoms with Crippen LogP contribution in [0.4, 0.5) is 0 Å². The van der Waals surface area contributed by atoms with Gasteiger partial charge in [0.2, 0.25) is 0 Å². The van der Waals surface area contributed by atoms with Crippen molar-refractivity contribution in [2.75, 3.05) is 5.52 Å². The van der Waals surface area contributed by atoms with Gasteiger partial charge in [0.05, 0.1) is 0 Å². The molecule has 0 aliphatic carbocycles. The van der Waals surface area contributed by atoms with Gasteiger partial charge in [0, 0.05) is 5.39 Å². The SMILES string of the molecule is BrCOc1cccc2ccccc12. The third-order valence-corrected chi connectivity index (χ3v) is 2.19. The fourth-order valence-corrected chi connectivity index (χ4v) is 1.63. The molecule has 66 valence electrons. The van der Waals surface area contributed by atoms with Crippen LogP contribution in [0.1, 0.15) is 0 Å². The van der Waals surface area contributed by atoms with Crippen LogP contribution in [0.15, 0.2) is 42.5 Å². The number of rotatable bonds is 2. The number of benzene rings is 2. The molecule has 2 rings (SSSR count). The molecule has 0 heterocycles. The van der Waals surface area contributed by atoms with E-state index in [2.05, 4.69) is 34.1 Å². The lowest BCUT2D eigenvalue weighted by Crippen LogP contribution is -1.88. The fraction of sp³-hybridized carbons (Fsp3) is 0.0909. The van der Waals surface area contributed by atoms with Gasteiger partial charge in [-0.1, -0.05) is 36.4 Å². The molecule has 0 bridgehead atoms. The van der Waals surface area contributed by atoms with Gasteiger partial charge in [0.25, 0.3) is 0 Å². The molecule has 0 saturated carbocycles. The van der Waals surface area contributed by atoms with Gasteiger partial charge in [-0.25, -0.2) is 0 Å². The zero-order chi connectivity index (χ0) is 9.10. The number of hydrogen-bond acceptors (Lipinski definition) is 1. The highest BCUT2D eigenvalue weighted by atomic mass is 79.9. The van der Waals surface area contributed by atoms with Crippen LogP contribution in [0.25, 0.3) is 10.8 Å². The van der Waals surface area contributed by atoms with Crippen LogP contribution < -0.4 is 4.74 Å². The van der Waals surface area contributed by atoms with E-state index >= 15 is 0 Å². The van der Waals surface area contributed by atoms with E-state index in [0.29, 0.717) is 5.52 Å². The Labute approximate surface area is 85.5 Å². The molecule has 0 atom stereocenters. The molecule has 0 fully saturated rings. The van der Waals surface area contributed by atoms with Crippen molar-refractivity contribution in [2.24, 2.45) is 0 Å². The lowest BCUT2D eigenvalue weighted by Gasteiger charge is -2.05. The van der Waals surface area contributed by atoms with Crippen LogP contribution in [0, 0.1) is 0 Å². The van der Waals surface area contributed by atoms with Gasteiger partial charge < -0.3 is 4.74 Å². The standard InChI is InChI=1S/C11H9BrO/c12-8-13-11-7-3-5-9-4-1-2-6-10(9)11/h1-7H,8H2. The van der Waals surface area contributed by atoms with E-state index in [1.54, 1.807) is 0 Å². The van der Waals surface area contributed by atoms with E-state index < -0.39 is 0 Å². The summed E-state index contributed by atoms with van der Waals surface area (Å²) in [5, 5.41) is 2.37. The van der Waals surface area contributed by atoms with Crippen LogP contribution in [0.2, 0.25) is 0 Å². The Bertz CT molecular complexity index is 406. The summed E-state index contributed by atoms with van der Waals surface area (Å²) < 4.78 is 5.44. The van der Waals surface area contributed by atoms with Gasteiger partial charge in [-0.15, -0.1) is 0 Å². The minimum atomic E-state index is 0.529. The highest BCUT2D eigenvalue weighted by Crippen LogP contribution is 2.25. The summed E-state index contributed by atoms with van der Waals surface area (Å²) in [6.07, 6.45) is 0. The molecular formula is C11H9BrO. The van der Waals surface area contributed by atoms with Crippen LogP contribution in [0.3, 0.4) is 0 Å². The van der Waals surface area contributed by atoms with Crippen LogP contribution in [-0.2, 0) is 0 Å². The van der Waals surface area contributed by atoms with Gasteiger partial charge in [-0.2, -0.15) is 0 Å². The highest BCUT2D eigenvalue weighted by Gasteiger charge is 1.98. The number of fused-ring (bicyclic) bond motifs is 1. The molecule has 2 heteroatoms. The quantitative estimate of drug-likeness (QED) is 0.725. The van der Waals surface area contributed by atoms with E-state index in [-0.39, 0.29) is 0 Å². The van der Waals surface area contributed by atoms with Gasteiger partial charge in [0.15, 0.2) is 0 Å². The molecule has 0 aliphatic rings. The van der Waals surface area contributed by atoms with Gasteiger partial charge in [-0.3, -0.25) is 0 Å². The van der Waals surface area contributed by atoms with Crippen molar-refractivity contribution in [2.45, 2.75) is 0 Å². The first kappa shape index (κ1) is 8.57. The topological polar surface area (TPSA) is 9.23 Å². The Kier molecular flexibility index (Phi) is 2.50. The van der Waals surface area contributed by atoms with Crippen molar-refractivity contribution in [3.05, 3.63) is 42.5 Å². The molecule has 0 unspecified atom stereocenters. The van der Waals surface area contributed by atoms with Crippen LogP contribution >= 0.6 is 15.9 Å². The molecule has 0 N–H and O–H groups in total. The van der Waals surface area contributed by atoms with Crippen molar-refractivity contribution in [3.8, 4) is 5.75 Å². The Morgan fingerprint density at radius 3 is 2.62 bits per heavy atom. The number of alkyl halides is 1. The molecule has 1 nitrogen and oxygen atoms in total. The van der Waals surface area contributed by atoms with Crippen molar-refractivity contribution in [3.63, 3.8) is 0 Å². The number of hydrogen-bond donors (Lipinski definition) is 0. The first-order chi connectivity index (χ1) is 6.42. The largest absolute Gasteiger partial charge is 0.482 e. The molecule has 0 aliphatic heterocycles. The summed E-state index contributed by atoms with van der Waals surface area (Å²) in [6, 6.07) is 14.2. The average molecular weight is 237 g/mol. The maximum Gasteiger partial charge on any atom is 0.143 e. The molecule has 2 aromatic carbocycles. The van der Waals surface area contributed by atoms with Crippen LogP contribution in [-0.4, -0.2) is 5.52 Å². The first-order valence-corrected chi connectivity index (χ1v) is 5.20. The van der Waals surface area contributed by atoms with E-state index in [4.69, 9.17) is 4.74 Å². The Hall–Kier alpha value is -1.02. The zero-order valence-corrected chi connectivity index (χ0v) is 8.62. The Morgan fingerprint density at radius 1 is 1.00 bits per heavy atom. The Morgan fingerprint density at radius 2 is 1.77 bits per heavy atom. The molecule has 0 saturated heterocycles. The average Bonchev–Trinajstić information content (AvgIpc) is 2.19. The van der Waals surface area contributed by atoms with Gasteiger partial charge in [-0.05, 0) is 27.4 Å². The molecule has 0 aromatic heterocycles. The summed E-state index contributed by atoms with van der Waals surface area (Å²) >= 11 is 3.25. The van der Waals surface area contributed by atoms with E-state index in [0.717, 1.165) is 11.1 Å².